The molecule has 10 heavy (non-hydrogen) atoms. The highest BCUT2D eigenvalue weighted by atomic mass is 16.5. The van der Waals surface area contributed by atoms with E-state index in [4.69, 9.17) is 4.74 Å². The van der Waals surface area contributed by atoms with Gasteiger partial charge in [-0.1, -0.05) is 6.92 Å². The molecule has 0 spiro atoms. The quantitative estimate of drug-likeness (QED) is 0.631. The molecule has 1 saturated heterocycles. The predicted molar refractivity (Wildman–Crippen MR) is 44.2 cm³/mol. The molecule has 0 amide bonds. The number of methoxy groups -OCH3 is 1. The Morgan fingerprint density at radius 2 is 2.50 bits per heavy atom. The average molecular weight is 145 g/mol. The van der Waals surface area contributed by atoms with Gasteiger partial charge in [-0.15, -0.1) is 0 Å². The number of piperidine rings is 1. The lowest BCUT2D eigenvalue weighted by molar-refractivity contribution is 0.0296. The van der Waals surface area contributed by atoms with E-state index in [2.05, 4.69) is 12.2 Å². The Hall–Kier alpha value is -0.0800. The van der Waals surface area contributed by atoms with Crippen LogP contribution >= 0.6 is 0 Å². The Bertz CT molecular complexity index is 88.1. The van der Waals surface area contributed by atoms with Gasteiger partial charge in [0.05, 0.1) is 6.10 Å². The van der Waals surface area contributed by atoms with Crippen LogP contribution in [0.3, 0.4) is 0 Å². The second-order valence-electron chi connectivity index (χ2n) is 2.94. The summed E-state index contributed by atoms with van der Waals surface area (Å²) in [6, 6.07) is 0. The van der Waals surface area contributed by atoms with Crippen LogP contribution in [0.25, 0.3) is 0 Å². The zero-order valence-electron chi connectivity index (χ0n) is 6.89. The maximum Gasteiger partial charge on any atom is 0.0623 e. The standard InChI is InChI=1S/C8H17NO.H2/c1-3-7-6-9-5-4-8(7)10-2;/h7-9H,3-6H2,1-2H3;1H/t7-,8-;/m1./s1. The molecule has 0 saturated carbocycles. The van der Waals surface area contributed by atoms with Crippen molar-refractivity contribution in [2.24, 2.45) is 5.92 Å². The van der Waals surface area contributed by atoms with Gasteiger partial charge in [0.2, 0.25) is 0 Å². The Kier molecular flexibility index (Phi) is 3.16. The minimum absolute atomic E-state index is 0. The number of rotatable bonds is 2. The SMILES string of the molecule is CC[C@@H]1CNCC[C@H]1OC.[HH]. The fraction of sp³-hybridized carbons (Fsp3) is 1.00. The summed E-state index contributed by atoms with van der Waals surface area (Å²) in [6.07, 6.45) is 2.91. The van der Waals surface area contributed by atoms with Gasteiger partial charge in [-0.3, -0.25) is 0 Å². The Morgan fingerprint density at radius 3 is 3.00 bits per heavy atom. The molecule has 2 atom stereocenters. The summed E-state index contributed by atoms with van der Waals surface area (Å²) in [6.45, 7) is 4.48. The van der Waals surface area contributed by atoms with Crippen LogP contribution in [0.4, 0.5) is 0 Å². The first-order chi connectivity index (χ1) is 4.88. The summed E-state index contributed by atoms with van der Waals surface area (Å²) in [7, 11) is 1.82. The molecule has 0 aromatic carbocycles. The van der Waals surface area contributed by atoms with Crippen LogP contribution in [0, 0.1) is 5.92 Å². The van der Waals surface area contributed by atoms with Gasteiger partial charge in [-0.2, -0.15) is 0 Å². The molecule has 2 nitrogen and oxygen atoms in total. The van der Waals surface area contributed by atoms with E-state index in [9.17, 15) is 0 Å². The van der Waals surface area contributed by atoms with Gasteiger partial charge in [0.25, 0.3) is 0 Å². The van der Waals surface area contributed by atoms with E-state index in [0.29, 0.717) is 6.10 Å². The lowest BCUT2D eigenvalue weighted by atomic mass is 9.94. The fourth-order valence-electron chi connectivity index (χ4n) is 1.62. The summed E-state index contributed by atoms with van der Waals surface area (Å²) < 4.78 is 5.35. The minimum Gasteiger partial charge on any atom is -0.381 e. The van der Waals surface area contributed by atoms with Gasteiger partial charge in [0, 0.05) is 15.1 Å². The van der Waals surface area contributed by atoms with E-state index in [1.54, 1.807) is 0 Å². The van der Waals surface area contributed by atoms with Crippen molar-refractivity contribution in [2.75, 3.05) is 20.2 Å². The highest BCUT2D eigenvalue weighted by Gasteiger charge is 2.22. The van der Waals surface area contributed by atoms with Crippen LogP contribution in [0.15, 0.2) is 0 Å². The van der Waals surface area contributed by atoms with Crippen molar-refractivity contribution >= 4 is 0 Å². The third-order valence-electron chi connectivity index (χ3n) is 2.37. The second-order valence-corrected chi connectivity index (χ2v) is 2.94. The largest absolute Gasteiger partial charge is 0.381 e. The second kappa shape index (κ2) is 3.94. The molecule has 0 bridgehead atoms. The van der Waals surface area contributed by atoms with Crippen molar-refractivity contribution in [3.63, 3.8) is 0 Å². The summed E-state index contributed by atoms with van der Waals surface area (Å²) in [5, 5.41) is 3.37. The van der Waals surface area contributed by atoms with Crippen molar-refractivity contribution < 1.29 is 6.16 Å². The maximum atomic E-state index is 5.35. The first-order valence-corrected chi connectivity index (χ1v) is 4.12. The Morgan fingerprint density at radius 1 is 1.70 bits per heavy atom. The van der Waals surface area contributed by atoms with Crippen molar-refractivity contribution in [2.45, 2.75) is 25.9 Å². The molecule has 0 aliphatic carbocycles. The van der Waals surface area contributed by atoms with Crippen molar-refractivity contribution in [1.29, 1.82) is 0 Å². The molecule has 62 valence electrons. The summed E-state index contributed by atoms with van der Waals surface area (Å²) in [5.41, 5.74) is 0. The molecule has 1 fully saturated rings. The lowest BCUT2D eigenvalue weighted by Crippen LogP contribution is -2.40. The molecule has 0 aromatic heterocycles. The van der Waals surface area contributed by atoms with Crippen LogP contribution in [-0.4, -0.2) is 26.3 Å². The summed E-state index contributed by atoms with van der Waals surface area (Å²) in [4.78, 5) is 0. The number of nitrogens with one attached hydrogen (secondary N) is 1. The molecule has 0 radical (unpaired) electrons. The van der Waals surface area contributed by atoms with E-state index in [-0.39, 0.29) is 1.43 Å². The topological polar surface area (TPSA) is 21.3 Å². The normalized spacial score (nSPS) is 34.2. The van der Waals surface area contributed by atoms with Crippen molar-refractivity contribution in [3.05, 3.63) is 0 Å². The molecule has 1 rings (SSSR count). The van der Waals surface area contributed by atoms with E-state index < -0.39 is 0 Å². The predicted octanol–water partition coefficient (Wildman–Crippen LogP) is 1.27. The number of hydrogen-bond donors (Lipinski definition) is 1. The third-order valence-corrected chi connectivity index (χ3v) is 2.37. The van der Waals surface area contributed by atoms with E-state index in [1.165, 1.54) is 12.8 Å². The van der Waals surface area contributed by atoms with Gasteiger partial charge in [-0.25, -0.2) is 0 Å². The summed E-state index contributed by atoms with van der Waals surface area (Å²) >= 11 is 0. The molecule has 1 heterocycles. The van der Waals surface area contributed by atoms with Crippen LogP contribution in [0.1, 0.15) is 21.2 Å². The molecule has 0 aromatic rings. The molecule has 0 unspecified atom stereocenters. The lowest BCUT2D eigenvalue weighted by Gasteiger charge is -2.30. The Balaban J connectivity index is 0.000001000. The smallest absolute Gasteiger partial charge is 0.0623 e. The van der Waals surface area contributed by atoms with Gasteiger partial charge >= 0.3 is 0 Å². The molecule has 1 aliphatic heterocycles. The molecule has 1 N–H and O–H groups in total. The van der Waals surface area contributed by atoms with Crippen molar-refractivity contribution in [3.8, 4) is 0 Å². The maximum absolute atomic E-state index is 5.35. The summed E-state index contributed by atoms with van der Waals surface area (Å²) in [5.74, 6) is 0.735. The van der Waals surface area contributed by atoms with Gasteiger partial charge < -0.3 is 10.1 Å². The van der Waals surface area contributed by atoms with Crippen LogP contribution in [-0.2, 0) is 4.74 Å². The number of hydrogen-bond acceptors (Lipinski definition) is 2. The first kappa shape index (κ1) is 8.02. The zero-order valence-corrected chi connectivity index (χ0v) is 6.89. The fourth-order valence-corrected chi connectivity index (χ4v) is 1.62. The van der Waals surface area contributed by atoms with Gasteiger partial charge in [-0.05, 0) is 25.3 Å². The highest BCUT2D eigenvalue weighted by Crippen LogP contribution is 2.16. The molecular formula is C8H19NO. The molecule has 2 heteroatoms. The number of ether oxygens (including phenoxy) is 1. The van der Waals surface area contributed by atoms with E-state index in [0.717, 1.165) is 19.0 Å². The highest BCUT2D eigenvalue weighted by molar-refractivity contribution is 4.76. The Labute approximate surface area is 64.4 Å². The third kappa shape index (κ3) is 1.70. The van der Waals surface area contributed by atoms with Crippen LogP contribution in [0.2, 0.25) is 0 Å². The molecule has 1 aliphatic rings. The van der Waals surface area contributed by atoms with E-state index in [1.807, 2.05) is 7.11 Å². The van der Waals surface area contributed by atoms with Gasteiger partial charge in [0.15, 0.2) is 0 Å². The average Bonchev–Trinajstić information content (AvgIpc) is 2.04. The monoisotopic (exact) mass is 145 g/mol. The van der Waals surface area contributed by atoms with Gasteiger partial charge in [0.1, 0.15) is 0 Å². The van der Waals surface area contributed by atoms with E-state index >= 15 is 0 Å². The first-order valence-electron chi connectivity index (χ1n) is 4.12. The minimum atomic E-state index is 0. The van der Waals surface area contributed by atoms with Crippen LogP contribution in [0.5, 0.6) is 0 Å². The zero-order chi connectivity index (χ0) is 7.40. The molecular weight excluding hydrogens is 126 g/mol. The van der Waals surface area contributed by atoms with Crippen LogP contribution < -0.4 is 5.32 Å². The van der Waals surface area contributed by atoms with Crippen molar-refractivity contribution in [1.82, 2.24) is 5.32 Å².